The molecule has 1 aliphatic heterocycles. The van der Waals surface area contributed by atoms with Crippen LogP contribution in [-0.2, 0) is 10.7 Å². The first-order valence-corrected chi connectivity index (χ1v) is 9.82. The highest BCUT2D eigenvalue weighted by molar-refractivity contribution is 5.78. The van der Waals surface area contributed by atoms with Crippen molar-refractivity contribution >= 4 is 5.91 Å². The van der Waals surface area contributed by atoms with Gasteiger partial charge in [-0.15, -0.1) is 0 Å². The summed E-state index contributed by atoms with van der Waals surface area (Å²) in [6, 6.07) is 10.1. The number of alkyl halides is 2. The van der Waals surface area contributed by atoms with Crippen molar-refractivity contribution in [2.45, 2.75) is 62.8 Å². The molecule has 0 spiro atoms. The standard InChI is InChI=1S/C22H24F2N2O2/c1-22(23,24)15-6-4-14(5-7-15)18(12-16-8-11-20(27)25-16)19-10-9-17(13-2-3-13)21(28)26-19/h4-7,9-10,13,16,18H,2-3,8,11-12H2,1H3,(H,25,27)(H,26,28)/t16-,18-/m1/s1. The Balaban J connectivity index is 1.66. The molecule has 1 aromatic carbocycles. The number of nitrogens with one attached hydrogen (secondary N) is 2. The number of aromatic nitrogens is 1. The summed E-state index contributed by atoms with van der Waals surface area (Å²) in [7, 11) is 0. The van der Waals surface area contributed by atoms with Crippen LogP contribution in [0.5, 0.6) is 0 Å². The van der Waals surface area contributed by atoms with Crippen LogP contribution in [0.2, 0.25) is 0 Å². The van der Waals surface area contributed by atoms with Crippen molar-refractivity contribution in [1.82, 2.24) is 10.3 Å². The van der Waals surface area contributed by atoms with Gasteiger partial charge >= 0.3 is 0 Å². The van der Waals surface area contributed by atoms with Crippen LogP contribution < -0.4 is 10.9 Å². The molecule has 2 aromatic rings. The minimum absolute atomic E-state index is 0.0106. The smallest absolute Gasteiger partial charge is 0.270 e. The number of H-pyrrole nitrogens is 1. The van der Waals surface area contributed by atoms with Crippen LogP contribution >= 0.6 is 0 Å². The van der Waals surface area contributed by atoms with Crippen molar-refractivity contribution in [3.05, 3.63) is 69.1 Å². The lowest BCUT2D eigenvalue weighted by atomic mass is 9.87. The maximum atomic E-state index is 13.6. The minimum Gasteiger partial charge on any atom is -0.353 e. The average Bonchev–Trinajstić information content (AvgIpc) is 3.40. The molecule has 2 heterocycles. The Kier molecular flexibility index (Phi) is 4.81. The second-order valence-corrected chi connectivity index (χ2v) is 8.07. The van der Waals surface area contributed by atoms with Gasteiger partial charge in [-0.1, -0.05) is 30.3 Å². The fraction of sp³-hybridized carbons (Fsp3) is 0.455. The Hall–Kier alpha value is -2.50. The molecule has 1 saturated heterocycles. The van der Waals surface area contributed by atoms with Gasteiger partial charge in [0.05, 0.1) is 0 Å². The maximum absolute atomic E-state index is 13.6. The van der Waals surface area contributed by atoms with Gasteiger partial charge in [0.2, 0.25) is 5.91 Å². The fourth-order valence-corrected chi connectivity index (χ4v) is 4.01. The van der Waals surface area contributed by atoms with Gasteiger partial charge < -0.3 is 10.3 Å². The van der Waals surface area contributed by atoms with E-state index in [9.17, 15) is 18.4 Å². The van der Waals surface area contributed by atoms with Crippen LogP contribution in [0.25, 0.3) is 0 Å². The summed E-state index contributed by atoms with van der Waals surface area (Å²) in [5.74, 6) is -2.68. The SMILES string of the molecule is CC(F)(F)c1ccc([C@@H](C[C@H]2CCC(=O)N2)c2ccc(C3CC3)c(=O)[nH]2)cc1. The molecule has 4 nitrogen and oxygen atoms in total. The van der Waals surface area contributed by atoms with E-state index in [1.165, 1.54) is 12.1 Å². The molecule has 6 heteroatoms. The van der Waals surface area contributed by atoms with Gasteiger partial charge in [-0.05, 0) is 43.2 Å². The van der Waals surface area contributed by atoms with Gasteiger partial charge in [-0.25, -0.2) is 8.78 Å². The lowest BCUT2D eigenvalue weighted by Crippen LogP contribution is -2.28. The number of benzene rings is 1. The Bertz CT molecular complexity index is 927. The number of aromatic amines is 1. The van der Waals surface area contributed by atoms with Crippen LogP contribution in [0, 0.1) is 0 Å². The zero-order valence-corrected chi connectivity index (χ0v) is 15.8. The Morgan fingerprint density at radius 3 is 2.32 bits per heavy atom. The summed E-state index contributed by atoms with van der Waals surface area (Å²) in [5, 5.41) is 2.96. The summed E-state index contributed by atoms with van der Waals surface area (Å²) in [5.41, 5.74) is 2.31. The molecule has 2 atom stereocenters. The number of amides is 1. The molecular weight excluding hydrogens is 362 g/mol. The second kappa shape index (κ2) is 7.15. The molecule has 28 heavy (non-hydrogen) atoms. The Morgan fingerprint density at radius 1 is 1.07 bits per heavy atom. The molecule has 1 amide bonds. The lowest BCUT2D eigenvalue weighted by Gasteiger charge is -2.22. The number of hydrogen-bond donors (Lipinski definition) is 2. The molecule has 0 unspecified atom stereocenters. The monoisotopic (exact) mass is 386 g/mol. The molecule has 0 bridgehead atoms. The molecule has 2 aliphatic rings. The number of carbonyl (C=O) groups excluding carboxylic acids is 1. The minimum atomic E-state index is -2.90. The van der Waals surface area contributed by atoms with E-state index < -0.39 is 5.92 Å². The number of carbonyl (C=O) groups is 1. The Morgan fingerprint density at radius 2 is 1.79 bits per heavy atom. The van der Waals surface area contributed by atoms with Crippen molar-refractivity contribution in [2.24, 2.45) is 0 Å². The van der Waals surface area contributed by atoms with Crippen molar-refractivity contribution in [3.63, 3.8) is 0 Å². The number of pyridine rings is 1. The highest BCUT2D eigenvalue weighted by Crippen LogP contribution is 2.39. The highest BCUT2D eigenvalue weighted by atomic mass is 19.3. The zero-order valence-electron chi connectivity index (χ0n) is 15.8. The molecule has 4 rings (SSSR count). The molecule has 1 saturated carbocycles. The molecular formula is C22H24F2N2O2. The van der Waals surface area contributed by atoms with E-state index in [1.54, 1.807) is 12.1 Å². The Labute approximate surface area is 162 Å². The van der Waals surface area contributed by atoms with E-state index in [1.807, 2.05) is 12.1 Å². The largest absolute Gasteiger partial charge is 0.353 e. The predicted molar refractivity (Wildman–Crippen MR) is 103 cm³/mol. The number of halogens is 2. The first-order valence-electron chi connectivity index (χ1n) is 9.82. The van der Waals surface area contributed by atoms with Crippen molar-refractivity contribution in [2.75, 3.05) is 0 Å². The highest BCUT2D eigenvalue weighted by Gasteiger charge is 2.30. The van der Waals surface area contributed by atoms with Gasteiger partial charge in [0, 0.05) is 42.1 Å². The van der Waals surface area contributed by atoms with Crippen LogP contribution in [0.1, 0.15) is 73.2 Å². The zero-order chi connectivity index (χ0) is 19.9. The predicted octanol–water partition coefficient (Wildman–Crippen LogP) is 4.16. The van der Waals surface area contributed by atoms with Gasteiger partial charge in [0.25, 0.3) is 11.5 Å². The second-order valence-electron chi connectivity index (χ2n) is 8.07. The summed E-state index contributed by atoms with van der Waals surface area (Å²) in [6.45, 7) is 0.877. The van der Waals surface area contributed by atoms with E-state index in [-0.39, 0.29) is 29.0 Å². The first-order chi connectivity index (χ1) is 13.3. The van der Waals surface area contributed by atoms with Crippen molar-refractivity contribution < 1.29 is 13.6 Å². The quantitative estimate of drug-likeness (QED) is 0.783. The average molecular weight is 386 g/mol. The molecule has 2 fully saturated rings. The molecule has 1 aliphatic carbocycles. The lowest BCUT2D eigenvalue weighted by molar-refractivity contribution is -0.119. The van der Waals surface area contributed by atoms with Crippen LogP contribution in [0.15, 0.2) is 41.2 Å². The third-order valence-corrected chi connectivity index (χ3v) is 5.78. The summed E-state index contributed by atoms with van der Waals surface area (Å²) < 4.78 is 27.1. The fourth-order valence-electron chi connectivity index (χ4n) is 4.01. The first kappa shape index (κ1) is 18.8. The van der Waals surface area contributed by atoms with Crippen molar-refractivity contribution in [3.8, 4) is 0 Å². The third-order valence-electron chi connectivity index (χ3n) is 5.78. The van der Waals surface area contributed by atoms with Gasteiger partial charge in [-0.3, -0.25) is 9.59 Å². The van der Waals surface area contributed by atoms with Crippen LogP contribution in [0.3, 0.4) is 0 Å². The van der Waals surface area contributed by atoms with Crippen LogP contribution in [-0.4, -0.2) is 16.9 Å². The molecule has 148 valence electrons. The normalized spacial score (nSPS) is 20.8. The molecule has 1 aromatic heterocycles. The summed E-state index contributed by atoms with van der Waals surface area (Å²) in [4.78, 5) is 27.1. The summed E-state index contributed by atoms with van der Waals surface area (Å²) >= 11 is 0. The van der Waals surface area contributed by atoms with E-state index in [0.717, 1.165) is 43.0 Å². The van der Waals surface area contributed by atoms with E-state index >= 15 is 0 Å². The third kappa shape index (κ3) is 4.01. The van der Waals surface area contributed by atoms with E-state index in [4.69, 9.17) is 0 Å². The molecule has 2 N–H and O–H groups in total. The summed E-state index contributed by atoms with van der Waals surface area (Å²) in [6.07, 6.45) is 3.95. The van der Waals surface area contributed by atoms with E-state index in [2.05, 4.69) is 10.3 Å². The van der Waals surface area contributed by atoms with Gasteiger partial charge in [-0.2, -0.15) is 0 Å². The number of rotatable bonds is 6. The van der Waals surface area contributed by atoms with Gasteiger partial charge in [0.1, 0.15) is 0 Å². The van der Waals surface area contributed by atoms with E-state index in [0.29, 0.717) is 18.8 Å². The van der Waals surface area contributed by atoms with Gasteiger partial charge in [0.15, 0.2) is 0 Å². The topological polar surface area (TPSA) is 62.0 Å². The molecule has 0 radical (unpaired) electrons. The van der Waals surface area contributed by atoms with Crippen molar-refractivity contribution in [1.29, 1.82) is 0 Å². The number of hydrogen-bond acceptors (Lipinski definition) is 2. The van der Waals surface area contributed by atoms with Crippen LogP contribution in [0.4, 0.5) is 8.78 Å². The maximum Gasteiger partial charge on any atom is 0.270 e.